The molecule has 0 bridgehead atoms. The van der Waals surface area contributed by atoms with Gasteiger partial charge in [0.2, 0.25) is 0 Å². The van der Waals surface area contributed by atoms with Crippen molar-refractivity contribution in [1.29, 1.82) is 0 Å². The number of ketones is 1. The van der Waals surface area contributed by atoms with Crippen LogP contribution >= 0.6 is 31.9 Å². The molecule has 18 heavy (non-hydrogen) atoms. The van der Waals surface area contributed by atoms with Crippen LogP contribution < -0.4 is 0 Å². The number of carbonyl (C=O) groups is 1. The van der Waals surface area contributed by atoms with Gasteiger partial charge in [-0.3, -0.25) is 4.79 Å². The third kappa shape index (κ3) is 2.29. The number of hydrogen-bond donors (Lipinski definition) is 0. The van der Waals surface area contributed by atoms with Gasteiger partial charge in [-0.1, -0.05) is 0 Å². The quantitative estimate of drug-likeness (QED) is 0.741. The molecule has 0 radical (unpaired) electrons. The van der Waals surface area contributed by atoms with Gasteiger partial charge in [-0.25, -0.2) is 4.68 Å². The van der Waals surface area contributed by atoms with E-state index in [1.807, 2.05) is 36.7 Å². The largest absolute Gasteiger partial charge is 0.295 e. The number of Topliss-reactive ketones (excluding diaryl/α,β-unsaturated/α-hetero) is 1. The predicted molar refractivity (Wildman–Crippen MR) is 78.4 cm³/mol. The van der Waals surface area contributed by atoms with E-state index in [4.69, 9.17) is 0 Å². The van der Waals surface area contributed by atoms with Gasteiger partial charge in [0.15, 0.2) is 5.78 Å². The molecule has 0 aliphatic rings. The number of carbonyl (C=O) groups excluding carboxylic acids is 1. The van der Waals surface area contributed by atoms with Gasteiger partial charge in [-0.05, 0) is 70.8 Å². The van der Waals surface area contributed by atoms with Crippen LogP contribution in [-0.4, -0.2) is 15.6 Å². The Morgan fingerprint density at radius 1 is 1.28 bits per heavy atom. The highest BCUT2D eigenvalue weighted by Gasteiger charge is 2.13. The molecule has 0 aliphatic carbocycles. The Morgan fingerprint density at radius 3 is 2.39 bits per heavy atom. The molecule has 94 valence electrons. The fourth-order valence-electron chi connectivity index (χ4n) is 1.76. The Bertz CT molecular complexity index is 632. The Kier molecular flexibility index (Phi) is 3.73. The van der Waals surface area contributed by atoms with Gasteiger partial charge >= 0.3 is 0 Å². The maximum atomic E-state index is 11.3. The van der Waals surface area contributed by atoms with Gasteiger partial charge < -0.3 is 0 Å². The molecular formula is C13H12Br2N2O. The van der Waals surface area contributed by atoms with Crippen molar-refractivity contribution in [2.75, 3.05) is 0 Å². The molecule has 0 saturated heterocycles. The van der Waals surface area contributed by atoms with Gasteiger partial charge in [0.05, 0.1) is 21.5 Å². The summed E-state index contributed by atoms with van der Waals surface area (Å²) in [5, 5.41) is 4.47. The number of aryl methyl sites for hydroxylation is 1. The maximum absolute atomic E-state index is 11.3. The third-order valence-corrected chi connectivity index (χ3v) is 4.57. The molecule has 0 saturated carbocycles. The van der Waals surface area contributed by atoms with E-state index in [9.17, 15) is 4.79 Å². The Hall–Kier alpha value is -0.940. The summed E-state index contributed by atoms with van der Waals surface area (Å²) < 4.78 is 3.71. The fourth-order valence-corrected chi connectivity index (χ4v) is 2.55. The lowest BCUT2D eigenvalue weighted by molar-refractivity contribution is 0.101. The highest BCUT2D eigenvalue weighted by atomic mass is 79.9. The van der Waals surface area contributed by atoms with E-state index in [-0.39, 0.29) is 5.78 Å². The zero-order valence-corrected chi connectivity index (χ0v) is 13.5. The molecule has 3 nitrogen and oxygen atoms in total. The van der Waals surface area contributed by atoms with E-state index in [1.165, 1.54) is 0 Å². The summed E-state index contributed by atoms with van der Waals surface area (Å²) in [6.07, 6.45) is 0. The predicted octanol–water partition coefficient (Wildman–Crippen LogP) is 4.22. The summed E-state index contributed by atoms with van der Waals surface area (Å²) in [7, 11) is 0. The van der Waals surface area contributed by atoms with Crippen LogP contribution in [-0.2, 0) is 0 Å². The Morgan fingerprint density at radius 2 is 1.94 bits per heavy atom. The van der Waals surface area contributed by atoms with Crippen LogP contribution in [0.15, 0.2) is 27.1 Å². The first-order valence-corrected chi connectivity index (χ1v) is 7.03. The van der Waals surface area contributed by atoms with Crippen LogP contribution in [0.2, 0.25) is 0 Å². The average molecular weight is 372 g/mol. The maximum Gasteiger partial charge on any atom is 0.159 e. The number of halogens is 2. The highest BCUT2D eigenvalue weighted by Crippen LogP contribution is 2.28. The van der Waals surface area contributed by atoms with Crippen molar-refractivity contribution >= 4 is 37.6 Å². The molecule has 0 unspecified atom stereocenters. The molecule has 0 atom stereocenters. The van der Waals surface area contributed by atoms with Gasteiger partial charge in [0.1, 0.15) is 0 Å². The number of hydrogen-bond acceptors (Lipinski definition) is 2. The zero-order chi connectivity index (χ0) is 13.4. The van der Waals surface area contributed by atoms with Crippen molar-refractivity contribution in [3.8, 4) is 5.69 Å². The lowest BCUT2D eigenvalue weighted by Gasteiger charge is -2.08. The zero-order valence-electron chi connectivity index (χ0n) is 10.3. The number of rotatable bonds is 2. The van der Waals surface area contributed by atoms with Crippen LogP contribution in [0.3, 0.4) is 0 Å². The van der Waals surface area contributed by atoms with E-state index in [1.54, 1.807) is 6.92 Å². The normalized spacial score (nSPS) is 10.7. The molecular weight excluding hydrogens is 360 g/mol. The standard InChI is InChI=1S/C13H12Br2N2O/c1-7-13(15)8(2)17(16-7)12-5-4-10(9(3)18)6-11(12)14/h4-6H,1-3H3. The van der Waals surface area contributed by atoms with Crippen molar-refractivity contribution in [3.05, 3.63) is 44.1 Å². The van der Waals surface area contributed by atoms with Crippen LogP contribution in [0.4, 0.5) is 0 Å². The smallest absolute Gasteiger partial charge is 0.159 e. The lowest BCUT2D eigenvalue weighted by Crippen LogP contribution is -2.02. The van der Waals surface area contributed by atoms with Crippen LogP contribution in [0, 0.1) is 13.8 Å². The van der Waals surface area contributed by atoms with Crippen LogP contribution in [0.25, 0.3) is 5.69 Å². The molecule has 0 N–H and O–H groups in total. The first-order valence-electron chi connectivity index (χ1n) is 5.44. The average Bonchev–Trinajstić information content (AvgIpc) is 2.57. The van der Waals surface area contributed by atoms with Gasteiger partial charge in [0, 0.05) is 10.0 Å². The fraction of sp³-hybridized carbons (Fsp3) is 0.231. The number of aromatic nitrogens is 2. The minimum Gasteiger partial charge on any atom is -0.295 e. The van der Waals surface area contributed by atoms with E-state index < -0.39 is 0 Å². The van der Waals surface area contributed by atoms with Crippen molar-refractivity contribution in [1.82, 2.24) is 9.78 Å². The van der Waals surface area contributed by atoms with Crippen molar-refractivity contribution in [2.24, 2.45) is 0 Å². The second-order valence-corrected chi connectivity index (χ2v) is 5.77. The van der Waals surface area contributed by atoms with Crippen LogP contribution in [0.5, 0.6) is 0 Å². The summed E-state index contributed by atoms with van der Waals surface area (Å²) in [6.45, 7) is 5.50. The van der Waals surface area contributed by atoms with Gasteiger partial charge in [-0.2, -0.15) is 5.10 Å². The van der Waals surface area contributed by atoms with Crippen molar-refractivity contribution in [2.45, 2.75) is 20.8 Å². The summed E-state index contributed by atoms with van der Waals surface area (Å²) >= 11 is 7.00. The monoisotopic (exact) mass is 370 g/mol. The molecule has 2 rings (SSSR count). The van der Waals surface area contributed by atoms with E-state index in [0.29, 0.717) is 5.56 Å². The second kappa shape index (κ2) is 4.97. The Balaban J connectivity index is 2.58. The molecule has 1 heterocycles. The van der Waals surface area contributed by atoms with E-state index in [0.717, 1.165) is 26.0 Å². The Labute approximate surface area is 122 Å². The summed E-state index contributed by atoms with van der Waals surface area (Å²) in [4.78, 5) is 11.3. The summed E-state index contributed by atoms with van der Waals surface area (Å²) in [5.74, 6) is 0.0526. The topological polar surface area (TPSA) is 34.9 Å². The molecule has 0 fully saturated rings. The van der Waals surface area contributed by atoms with Crippen molar-refractivity contribution < 1.29 is 4.79 Å². The lowest BCUT2D eigenvalue weighted by atomic mass is 10.1. The first-order chi connectivity index (χ1) is 8.41. The number of nitrogens with zero attached hydrogens (tertiary/aromatic N) is 2. The molecule has 0 spiro atoms. The van der Waals surface area contributed by atoms with E-state index >= 15 is 0 Å². The third-order valence-electron chi connectivity index (χ3n) is 2.79. The van der Waals surface area contributed by atoms with E-state index in [2.05, 4.69) is 37.0 Å². The SMILES string of the molecule is CC(=O)c1ccc(-n2nc(C)c(Br)c2C)c(Br)c1. The minimum absolute atomic E-state index is 0.0526. The van der Waals surface area contributed by atoms with Crippen molar-refractivity contribution in [3.63, 3.8) is 0 Å². The van der Waals surface area contributed by atoms with Gasteiger partial charge in [0.25, 0.3) is 0 Å². The van der Waals surface area contributed by atoms with Crippen LogP contribution in [0.1, 0.15) is 28.7 Å². The number of benzene rings is 1. The molecule has 5 heteroatoms. The minimum atomic E-state index is 0.0526. The molecule has 1 aromatic heterocycles. The summed E-state index contributed by atoms with van der Waals surface area (Å²) in [6, 6.07) is 5.53. The van der Waals surface area contributed by atoms with Gasteiger partial charge in [-0.15, -0.1) is 0 Å². The molecule has 0 amide bonds. The second-order valence-electron chi connectivity index (χ2n) is 4.12. The molecule has 1 aromatic carbocycles. The first kappa shape index (κ1) is 13.5. The molecule has 2 aromatic rings. The molecule has 0 aliphatic heterocycles. The summed E-state index contributed by atoms with van der Waals surface area (Å²) in [5.41, 5.74) is 3.58. The highest BCUT2D eigenvalue weighted by molar-refractivity contribution is 9.11.